The summed E-state index contributed by atoms with van der Waals surface area (Å²) in [5, 5.41) is 8.32. The smallest absolute Gasteiger partial charge is 0.0655 e. The maximum absolute atomic E-state index is 4.06. The maximum atomic E-state index is 4.06. The Labute approximate surface area is 78.0 Å². The summed E-state index contributed by atoms with van der Waals surface area (Å²) in [6.45, 7) is 6.54. The van der Waals surface area contributed by atoms with Gasteiger partial charge in [-0.3, -0.25) is 5.10 Å². The lowest BCUT2D eigenvalue weighted by molar-refractivity contribution is 0.875. The van der Waals surface area contributed by atoms with Gasteiger partial charge < -0.3 is 0 Å². The zero-order chi connectivity index (χ0) is 9.42. The van der Waals surface area contributed by atoms with E-state index in [4.69, 9.17) is 0 Å². The number of nitrogens with zero attached hydrogens (tertiary/aromatic N) is 1. The Kier molecular flexibility index (Phi) is 1.83. The number of H-pyrrole nitrogens is 1. The van der Waals surface area contributed by atoms with Crippen LogP contribution in [0.5, 0.6) is 0 Å². The first kappa shape index (κ1) is 8.30. The minimum Gasteiger partial charge on any atom is -0.278 e. The van der Waals surface area contributed by atoms with Crippen molar-refractivity contribution in [2.45, 2.75) is 26.7 Å². The van der Waals surface area contributed by atoms with Crippen molar-refractivity contribution in [3.05, 3.63) is 29.5 Å². The van der Waals surface area contributed by atoms with Crippen molar-refractivity contribution in [2.75, 3.05) is 0 Å². The lowest BCUT2D eigenvalue weighted by Gasteiger charge is -2.07. The summed E-state index contributed by atoms with van der Waals surface area (Å²) >= 11 is 0. The van der Waals surface area contributed by atoms with E-state index in [-0.39, 0.29) is 0 Å². The van der Waals surface area contributed by atoms with Crippen molar-refractivity contribution in [1.82, 2.24) is 10.2 Å². The molecule has 0 saturated carbocycles. The van der Waals surface area contributed by atoms with Gasteiger partial charge in [-0.15, -0.1) is 0 Å². The van der Waals surface area contributed by atoms with Crippen LogP contribution in [0.1, 0.15) is 30.9 Å². The Morgan fingerprint density at radius 1 is 1.31 bits per heavy atom. The van der Waals surface area contributed by atoms with Crippen LogP contribution in [-0.2, 0) is 0 Å². The lowest BCUT2D eigenvalue weighted by Crippen LogP contribution is -1.89. The lowest BCUT2D eigenvalue weighted by atomic mass is 9.97. The number of aryl methyl sites for hydroxylation is 1. The van der Waals surface area contributed by atoms with Gasteiger partial charge in [-0.2, -0.15) is 5.10 Å². The van der Waals surface area contributed by atoms with Gasteiger partial charge in [-0.1, -0.05) is 19.9 Å². The highest BCUT2D eigenvalue weighted by atomic mass is 15.1. The highest BCUT2D eigenvalue weighted by Gasteiger charge is 2.06. The predicted octanol–water partition coefficient (Wildman–Crippen LogP) is 2.99. The van der Waals surface area contributed by atoms with Crippen molar-refractivity contribution in [3.63, 3.8) is 0 Å². The van der Waals surface area contributed by atoms with Gasteiger partial charge in [0.1, 0.15) is 0 Å². The Bertz CT molecular complexity index is 427. The van der Waals surface area contributed by atoms with Crippen LogP contribution in [0, 0.1) is 6.92 Å². The molecule has 0 aliphatic heterocycles. The summed E-state index contributed by atoms with van der Waals surface area (Å²) in [6, 6.07) is 4.37. The van der Waals surface area contributed by atoms with Crippen LogP contribution in [0.2, 0.25) is 0 Å². The molecule has 0 aliphatic carbocycles. The number of rotatable bonds is 1. The van der Waals surface area contributed by atoms with Crippen LogP contribution >= 0.6 is 0 Å². The molecule has 0 radical (unpaired) electrons. The molecule has 0 spiro atoms. The van der Waals surface area contributed by atoms with Gasteiger partial charge in [0, 0.05) is 5.39 Å². The molecule has 0 aliphatic rings. The molecule has 1 N–H and O–H groups in total. The SMILES string of the molecule is Cc1cc(C(C)C)c2cn[nH]c2c1. The van der Waals surface area contributed by atoms with Gasteiger partial charge in [0.2, 0.25) is 0 Å². The highest BCUT2D eigenvalue weighted by Crippen LogP contribution is 2.25. The topological polar surface area (TPSA) is 28.7 Å². The second-order valence-electron chi connectivity index (χ2n) is 3.84. The summed E-state index contributed by atoms with van der Waals surface area (Å²) in [7, 11) is 0. The number of aromatic nitrogens is 2. The summed E-state index contributed by atoms with van der Waals surface area (Å²) in [5.41, 5.74) is 3.81. The van der Waals surface area contributed by atoms with Gasteiger partial charge in [0.15, 0.2) is 0 Å². The molecular formula is C11H14N2. The summed E-state index contributed by atoms with van der Waals surface area (Å²) in [6.07, 6.45) is 1.91. The first-order valence-corrected chi connectivity index (χ1v) is 4.62. The zero-order valence-corrected chi connectivity index (χ0v) is 8.26. The number of aromatic amines is 1. The van der Waals surface area contributed by atoms with E-state index >= 15 is 0 Å². The average Bonchev–Trinajstić information content (AvgIpc) is 2.49. The van der Waals surface area contributed by atoms with E-state index in [1.165, 1.54) is 16.5 Å². The molecule has 0 amide bonds. The molecule has 2 rings (SSSR count). The molecule has 2 nitrogen and oxygen atoms in total. The van der Waals surface area contributed by atoms with Crippen LogP contribution in [0.3, 0.4) is 0 Å². The third-order valence-electron chi connectivity index (χ3n) is 2.36. The maximum Gasteiger partial charge on any atom is 0.0655 e. The standard InChI is InChI=1S/C11H14N2/c1-7(2)9-4-8(3)5-11-10(9)6-12-13-11/h4-7H,1-3H3,(H,12,13). The van der Waals surface area contributed by atoms with Crippen molar-refractivity contribution in [1.29, 1.82) is 0 Å². The molecule has 68 valence electrons. The van der Waals surface area contributed by atoms with Crippen molar-refractivity contribution in [3.8, 4) is 0 Å². The minimum atomic E-state index is 0.556. The van der Waals surface area contributed by atoms with E-state index in [1.807, 2.05) is 6.20 Å². The third kappa shape index (κ3) is 1.32. The highest BCUT2D eigenvalue weighted by molar-refractivity contribution is 5.82. The molecule has 0 fully saturated rings. The van der Waals surface area contributed by atoms with Crippen LogP contribution in [0.4, 0.5) is 0 Å². The van der Waals surface area contributed by atoms with E-state index in [0.29, 0.717) is 5.92 Å². The number of nitrogens with one attached hydrogen (secondary N) is 1. The van der Waals surface area contributed by atoms with Crippen LogP contribution in [0.25, 0.3) is 10.9 Å². The summed E-state index contributed by atoms with van der Waals surface area (Å²) < 4.78 is 0. The third-order valence-corrected chi connectivity index (χ3v) is 2.36. The zero-order valence-electron chi connectivity index (χ0n) is 8.26. The van der Waals surface area contributed by atoms with Crippen LogP contribution in [0.15, 0.2) is 18.3 Å². The number of hydrogen-bond acceptors (Lipinski definition) is 1. The van der Waals surface area contributed by atoms with E-state index in [0.717, 1.165) is 5.52 Å². The molecule has 13 heavy (non-hydrogen) atoms. The van der Waals surface area contributed by atoms with E-state index in [2.05, 4.69) is 43.1 Å². The number of hydrogen-bond donors (Lipinski definition) is 1. The molecule has 1 aromatic heterocycles. The van der Waals surface area contributed by atoms with Gasteiger partial charge in [-0.05, 0) is 30.0 Å². The second kappa shape index (κ2) is 2.87. The largest absolute Gasteiger partial charge is 0.278 e. The normalized spacial score (nSPS) is 11.4. The monoisotopic (exact) mass is 174 g/mol. The Morgan fingerprint density at radius 2 is 2.08 bits per heavy atom. The summed E-state index contributed by atoms with van der Waals surface area (Å²) in [5.74, 6) is 0.556. The molecule has 1 heterocycles. The average molecular weight is 174 g/mol. The molecule has 1 aromatic carbocycles. The Morgan fingerprint density at radius 3 is 2.77 bits per heavy atom. The quantitative estimate of drug-likeness (QED) is 0.707. The molecular weight excluding hydrogens is 160 g/mol. The van der Waals surface area contributed by atoms with Crippen molar-refractivity contribution < 1.29 is 0 Å². The molecule has 2 aromatic rings. The molecule has 0 bridgehead atoms. The van der Waals surface area contributed by atoms with Gasteiger partial charge in [0.25, 0.3) is 0 Å². The summed E-state index contributed by atoms with van der Waals surface area (Å²) in [4.78, 5) is 0. The fourth-order valence-corrected chi connectivity index (χ4v) is 1.71. The van der Waals surface area contributed by atoms with E-state index in [1.54, 1.807) is 0 Å². The second-order valence-corrected chi connectivity index (χ2v) is 3.84. The first-order chi connectivity index (χ1) is 6.18. The fraction of sp³-hybridized carbons (Fsp3) is 0.364. The Hall–Kier alpha value is -1.31. The first-order valence-electron chi connectivity index (χ1n) is 4.62. The van der Waals surface area contributed by atoms with Crippen LogP contribution in [-0.4, -0.2) is 10.2 Å². The molecule has 0 saturated heterocycles. The predicted molar refractivity (Wildman–Crippen MR) is 54.9 cm³/mol. The number of fused-ring (bicyclic) bond motifs is 1. The molecule has 0 unspecified atom stereocenters. The molecule has 2 heteroatoms. The van der Waals surface area contributed by atoms with Gasteiger partial charge >= 0.3 is 0 Å². The van der Waals surface area contributed by atoms with Gasteiger partial charge in [-0.25, -0.2) is 0 Å². The fourth-order valence-electron chi connectivity index (χ4n) is 1.71. The number of benzene rings is 1. The minimum absolute atomic E-state index is 0.556. The van der Waals surface area contributed by atoms with E-state index < -0.39 is 0 Å². The van der Waals surface area contributed by atoms with Crippen molar-refractivity contribution >= 4 is 10.9 Å². The van der Waals surface area contributed by atoms with E-state index in [9.17, 15) is 0 Å². The van der Waals surface area contributed by atoms with Gasteiger partial charge in [0.05, 0.1) is 11.7 Å². The molecule has 0 atom stereocenters. The Balaban J connectivity index is 2.77. The van der Waals surface area contributed by atoms with Crippen LogP contribution < -0.4 is 0 Å². The van der Waals surface area contributed by atoms with Crippen molar-refractivity contribution in [2.24, 2.45) is 0 Å².